The van der Waals surface area contributed by atoms with Gasteiger partial charge in [0.05, 0.1) is 7.11 Å². The summed E-state index contributed by atoms with van der Waals surface area (Å²) in [7, 11) is 1.63. The summed E-state index contributed by atoms with van der Waals surface area (Å²) in [5.74, 6) is -0.883. The molecule has 0 radical (unpaired) electrons. The van der Waals surface area contributed by atoms with E-state index in [1.807, 2.05) is 38.1 Å². The summed E-state index contributed by atoms with van der Waals surface area (Å²) in [6, 6.07) is 8.95. The molecule has 3 rings (SSSR count). The summed E-state index contributed by atoms with van der Waals surface area (Å²) in [5, 5.41) is 2.49. The fourth-order valence-electron chi connectivity index (χ4n) is 3.82. The third kappa shape index (κ3) is 5.24. The van der Waals surface area contributed by atoms with Crippen LogP contribution >= 0.6 is 0 Å². The molecule has 0 aliphatic carbocycles. The third-order valence-corrected chi connectivity index (χ3v) is 5.75. The van der Waals surface area contributed by atoms with Gasteiger partial charge in [-0.1, -0.05) is 12.1 Å². The Morgan fingerprint density at radius 3 is 2.33 bits per heavy atom. The highest BCUT2D eigenvalue weighted by molar-refractivity contribution is 6.08. The van der Waals surface area contributed by atoms with E-state index < -0.39 is 36.6 Å². The Balaban J connectivity index is 1.57. The van der Waals surface area contributed by atoms with Gasteiger partial charge in [0.1, 0.15) is 17.8 Å². The molecule has 9 nitrogen and oxygen atoms in total. The molecule has 9 heteroatoms. The molecule has 1 aromatic carbocycles. The Morgan fingerprint density at radius 2 is 1.76 bits per heavy atom. The van der Waals surface area contributed by atoms with Gasteiger partial charge >= 0.3 is 12.0 Å². The molecule has 33 heavy (non-hydrogen) atoms. The Bertz CT molecular complexity index is 1080. The van der Waals surface area contributed by atoms with Gasteiger partial charge in [-0.3, -0.25) is 19.3 Å². The molecule has 1 aromatic heterocycles. The highest BCUT2D eigenvalue weighted by Crippen LogP contribution is 2.19. The van der Waals surface area contributed by atoms with E-state index in [-0.39, 0.29) is 5.78 Å². The first-order chi connectivity index (χ1) is 15.5. The number of ether oxygens (including phenoxy) is 2. The summed E-state index contributed by atoms with van der Waals surface area (Å²) >= 11 is 0. The van der Waals surface area contributed by atoms with E-state index in [0.29, 0.717) is 12.1 Å². The molecule has 3 amide bonds. The maximum atomic E-state index is 12.7. The standard InChI is InChI=1S/C24H29N3O6/c1-15-12-19(16(2)26(15)11-10-17-6-8-18(32-5)9-7-17)20(28)14-33-21(29)13-27-22(30)24(3,4)25-23(27)31/h6-9,12H,10-11,13-14H2,1-5H3,(H,25,31). The van der Waals surface area contributed by atoms with E-state index in [9.17, 15) is 19.2 Å². The van der Waals surface area contributed by atoms with Crippen LogP contribution in [0.3, 0.4) is 0 Å². The van der Waals surface area contributed by atoms with Crippen molar-refractivity contribution in [2.24, 2.45) is 0 Å². The fourth-order valence-corrected chi connectivity index (χ4v) is 3.82. The van der Waals surface area contributed by atoms with Crippen molar-refractivity contribution in [1.82, 2.24) is 14.8 Å². The minimum Gasteiger partial charge on any atom is -0.497 e. The highest BCUT2D eigenvalue weighted by atomic mass is 16.5. The number of nitrogens with one attached hydrogen (secondary N) is 1. The number of ketones is 1. The quantitative estimate of drug-likeness (QED) is 0.354. The lowest BCUT2D eigenvalue weighted by Gasteiger charge is -2.15. The topological polar surface area (TPSA) is 107 Å². The van der Waals surface area contributed by atoms with Gasteiger partial charge in [0.25, 0.3) is 5.91 Å². The van der Waals surface area contributed by atoms with E-state index in [1.165, 1.54) is 0 Å². The second-order valence-corrected chi connectivity index (χ2v) is 8.56. The minimum atomic E-state index is -1.07. The van der Waals surface area contributed by atoms with Gasteiger partial charge < -0.3 is 19.4 Å². The first kappa shape index (κ1) is 24.0. The number of hydrogen-bond donors (Lipinski definition) is 1. The van der Waals surface area contributed by atoms with Crippen LogP contribution in [0.5, 0.6) is 5.75 Å². The van der Waals surface area contributed by atoms with Crippen molar-refractivity contribution in [1.29, 1.82) is 0 Å². The lowest BCUT2D eigenvalue weighted by Crippen LogP contribution is -2.41. The van der Waals surface area contributed by atoms with Crippen molar-refractivity contribution in [2.75, 3.05) is 20.3 Å². The predicted octanol–water partition coefficient (Wildman–Crippen LogP) is 2.41. The first-order valence-electron chi connectivity index (χ1n) is 10.7. The molecule has 1 aliphatic rings. The number of carbonyl (C=O) groups excluding carboxylic acids is 4. The summed E-state index contributed by atoms with van der Waals surface area (Å²) in [5.41, 5.74) is 2.27. The van der Waals surface area contributed by atoms with Gasteiger partial charge in [-0.25, -0.2) is 4.79 Å². The molecule has 1 N–H and O–H groups in total. The average Bonchev–Trinajstić information content (AvgIpc) is 3.16. The molecule has 0 spiro atoms. The molecular formula is C24H29N3O6. The second kappa shape index (κ2) is 9.48. The molecule has 0 unspecified atom stereocenters. The van der Waals surface area contributed by atoms with Crippen LogP contribution in [0.2, 0.25) is 0 Å². The number of nitrogens with zero attached hydrogens (tertiary/aromatic N) is 2. The van der Waals surface area contributed by atoms with Crippen molar-refractivity contribution in [2.45, 2.75) is 46.2 Å². The smallest absolute Gasteiger partial charge is 0.326 e. The molecule has 0 saturated carbocycles. The lowest BCUT2D eigenvalue weighted by molar-refractivity contribution is -0.146. The highest BCUT2D eigenvalue weighted by Gasteiger charge is 2.45. The summed E-state index contributed by atoms with van der Waals surface area (Å²) in [6.07, 6.45) is 0.783. The molecule has 176 valence electrons. The van der Waals surface area contributed by atoms with Gasteiger partial charge in [-0.05, 0) is 57.9 Å². The molecule has 2 heterocycles. The largest absolute Gasteiger partial charge is 0.497 e. The van der Waals surface area contributed by atoms with Crippen LogP contribution in [0.15, 0.2) is 30.3 Å². The number of urea groups is 1. The van der Waals surface area contributed by atoms with Crippen LogP contribution < -0.4 is 10.1 Å². The summed E-state index contributed by atoms with van der Waals surface area (Å²) < 4.78 is 12.3. The molecular weight excluding hydrogens is 426 g/mol. The number of amides is 3. The minimum absolute atomic E-state index is 0.343. The lowest BCUT2D eigenvalue weighted by atomic mass is 10.1. The number of esters is 1. The average molecular weight is 456 g/mol. The Morgan fingerprint density at radius 1 is 1.09 bits per heavy atom. The van der Waals surface area contributed by atoms with Crippen LogP contribution in [-0.2, 0) is 27.3 Å². The van der Waals surface area contributed by atoms with Gasteiger partial charge in [-0.15, -0.1) is 0 Å². The van der Waals surface area contributed by atoms with E-state index in [2.05, 4.69) is 9.88 Å². The van der Waals surface area contributed by atoms with E-state index in [0.717, 1.165) is 34.0 Å². The molecule has 1 saturated heterocycles. The zero-order chi connectivity index (χ0) is 24.3. The maximum Gasteiger partial charge on any atom is 0.326 e. The monoisotopic (exact) mass is 455 g/mol. The van der Waals surface area contributed by atoms with Crippen LogP contribution in [0.25, 0.3) is 0 Å². The number of methoxy groups -OCH3 is 1. The number of imide groups is 1. The zero-order valence-corrected chi connectivity index (χ0v) is 19.6. The molecule has 0 bridgehead atoms. The molecule has 1 fully saturated rings. The number of rotatable bonds is 9. The van der Waals surface area contributed by atoms with Crippen molar-refractivity contribution >= 4 is 23.7 Å². The number of hydrogen-bond acceptors (Lipinski definition) is 6. The van der Waals surface area contributed by atoms with Crippen LogP contribution in [0.4, 0.5) is 4.79 Å². The normalized spacial score (nSPS) is 14.9. The number of aromatic nitrogens is 1. The first-order valence-corrected chi connectivity index (χ1v) is 10.7. The SMILES string of the molecule is COc1ccc(CCn2c(C)cc(C(=O)COC(=O)CN3C(=O)NC(C)(C)C3=O)c2C)cc1. The molecule has 0 atom stereocenters. The number of aryl methyl sites for hydroxylation is 2. The summed E-state index contributed by atoms with van der Waals surface area (Å²) in [4.78, 5) is 49.7. The molecule has 2 aromatic rings. The maximum absolute atomic E-state index is 12.7. The van der Waals surface area contributed by atoms with Gasteiger partial charge in [0.2, 0.25) is 5.78 Å². The van der Waals surface area contributed by atoms with E-state index in [4.69, 9.17) is 9.47 Å². The Hall–Kier alpha value is -3.62. The van der Waals surface area contributed by atoms with Crippen LogP contribution in [0, 0.1) is 13.8 Å². The zero-order valence-electron chi connectivity index (χ0n) is 19.6. The third-order valence-electron chi connectivity index (χ3n) is 5.75. The van der Waals surface area contributed by atoms with Crippen molar-refractivity contribution in [3.8, 4) is 5.75 Å². The Kier molecular flexibility index (Phi) is 6.90. The number of carbonyl (C=O) groups is 4. The number of Topliss-reactive ketones (excluding diaryl/α,β-unsaturated/α-hetero) is 1. The van der Waals surface area contributed by atoms with Crippen molar-refractivity contribution in [3.63, 3.8) is 0 Å². The second-order valence-electron chi connectivity index (χ2n) is 8.56. The summed E-state index contributed by atoms with van der Waals surface area (Å²) in [6.45, 7) is 6.56. The van der Waals surface area contributed by atoms with Crippen LogP contribution in [-0.4, -0.2) is 59.0 Å². The van der Waals surface area contributed by atoms with E-state index in [1.54, 1.807) is 27.0 Å². The number of benzene rings is 1. The van der Waals surface area contributed by atoms with Gasteiger partial charge in [-0.2, -0.15) is 0 Å². The molecule has 1 aliphatic heterocycles. The van der Waals surface area contributed by atoms with Crippen LogP contribution in [0.1, 0.15) is 41.2 Å². The predicted molar refractivity (Wildman–Crippen MR) is 120 cm³/mol. The van der Waals surface area contributed by atoms with Gasteiger partial charge in [0, 0.05) is 23.5 Å². The fraction of sp³-hybridized carbons (Fsp3) is 0.417. The van der Waals surface area contributed by atoms with Gasteiger partial charge in [0.15, 0.2) is 6.61 Å². The Labute approximate surface area is 192 Å². The van der Waals surface area contributed by atoms with Crippen molar-refractivity contribution in [3.05, 3.63) is 52.8 Å². The van der Waals surface area contributed by atoms with Crippen molar-refractivity contribution < 1.29 is 28.7 Å². The van der Waals surface area contributed by atoms with E-state index >= 15 is 0 Å².